The highest BCUT2D eigenvalue weighted by atomic mass is 79.9. The summed E-state index contributed by atoms with van der Waals surface area (Å²) in [4.78, 5) is 10.2. The highest BCUT2D eigenvalue weighted by Crippen LogP contribution is 2.44. The average Bonchev–Trinajstić information content (AvgIpc) is 2.91. The minimum Gasteiger partial charge on any atom is -0.392 e. The van der Waals surface area contributed by atoms with Crippen LogP contribution in [0, 0.1) is 10.1 Å². The average molecular weight is 257 g/mol. The number of nitrogens with zero attached hydrogens (tertiary/aromatic N) is 1. The van der Waals surface area contributed by atoms with Crippen molar-refractivity contribution in [1.82, 2.24) is 0 Å². The van der Waals surface area contributed by atoms with Crippen LogP contribution in [0.4, 0.5) is 11.4 Å². The van der Waals surface area contributed by atoms with Gasteiger partial charge < -0.3 is 5.73 Å². The van der Waals surface area contributed by atoms with Gasteiger partial charge in [0.15, 0.2) is 0 Å². The van der Waals surface area contributed by atoms with E-state index < -0.39 is 4.92 Å². The van der Waals surface area contributed by atoms with Crippen molar-refractivity contribution in [2.45, 2.75) is 18.8 Å². The first-order valence-electron chi connectivity index (χ1n) is 4.33. The highest BCUT2D eigenvalue weighted by molar-refractivity contribution is 9.10. The Hall–Kier alpha value is -1.10. The number of rotatable bonds is 2. The molecule has 0 aromatic heterocycles. The van der Waals surface area contributed by atoms with Crippen LogP contribution in [0.15, 0.2) is 16.6 Å². The largest absolute Gasteiger partial charge is 0.392 e. The van der Waals surface area contributed by atoms with Gasteiger partial charge in [-0.15, -0.1) is 0 Å². The maximum atomic E-state index is 10.7. The molecule has 0 amide bonds. The third kappa shape index (κ3) is 1.59. The second-order valence-electron chi connectivity index (χ2n) is 3.47. The molecular weight excluding hydrogens is 248 g/mol. The Kier molecular flexibility index (Phi) is 2.19. The summed E-state index contributed by atoms with van der Waals surface area (Å²) in [5, 5.41) is 10.7. The Labute approximate surface area is 89.4 Å². The molecule has 0 aliphatic heterocycles. The maximum Gasteiger partial charge on any atom is 0.293 e. The third-order valence-electron chi connectivity index (χ3n) is 2.38. The highest BCUT2D eigenvalue weighted by Gasteiger charge is 2.27. The molecule has 0 heterocycles. The van der Waals surface area contributed by atoms with Crippen LogP contribution in [-0.4, -0.2) is 4.92 Å². The number of halogens is 1. The van der Waals surface area contributed by atoms with Gasteiger partial charge in [-0.3, -0.25) is 10.1 Å². The topological polar surface area (TPSA) is 69.2 Å². The van der Waals surface area contributed by atoms with Crippen molar-refractivity contribution in [3.63, 3.8) is 0 Å². The van der Waals surface area contributed by atoms with Crippen LogP contribution in [0.2, 0.25) is 0 Å². The predicted molar refractivity (Wildman–Crippen MR) is 57.2 cm³/mol. The van der Waals surface area contributed by atoms with Crippen LogP contribution < -0.4 is 5.73 Å². The van der Waals surface area contributed by atoms with E-state index in [1.807, 2.05) is 6.07 Å². The zero-order valence-electron chi connectivity index (χ0n) is 7.37. The molecule has 0 spiro atoms. The van der Waals surface area contributed by atoms with E-state index in [0.717, 1.165) is 18.4 Å². The van der Waals surface area contributed by atoms with Crippen molar-refractivity contribution in [2.75, 3.05) is 5.73 Å². The summed E-state index contributed by atoms with van der Waals surface area (Å²) in [6.45, 7) is 0. The first kappa shape index (κ1) is 9.45. The lowest BCUT2D eigenvalue weighted by Crippen LogP contribution is -1.98. The van der Waals surface area contributed by atoms with Crippen molar-refractivity contribution in [2.24, 2.45) is 0 Å². The van der Waals surface area contributed by atoms with Crippen LogP contribution in [0.5, 0.6) is 0 Å². The van der Waals surface area contributed by atoms with Crippen molar-refractivity contribution in [3.8, 4) is 0 Å². The standard InChI is InChI=1S/C9H9BrN2O2/c10-7-3-6(5-1-2-5)4-8(9(7)11)12(13)14/h3-5H,1-2,11H2. The van der Waals surface area contributed by atoms with Crippen molar-refractivity contribution < 1.29 is 4.92 Å². The lowest BCUT2D eigenvalue weighted by Gasteiger charge is -2.03. The van der Waals surface area contributed by atoms with Gasteiger partial charge in [0.05, 0.1) is 4.92 Å². The van der Waals surface area contributed by atoms with Gasteiger partial charge in [0.1, 0.15) is 5.69 Å². The van der Waals surface area contributed by atoms with E-state index in [-0.39, 0.29) is 11.4 Å². The number of benzene rings is 1. The maximum absolute atomic E-state index is 10.7. The second-order valence-corrected chi connectivity index (χ2v) is 4.32. The van der Waals surface area contributed by atoms with Crippen LogP contribution in [0.1, 0.15) is 24.3 Å². The van der Waals surface area contributed by atoms with Crippen LogP contribution >= 0.6 is 15.9 Å². The normalized spacial score (nSPS) is 15.5. The minimum absolute atomic E-state index is 0.00118. The molecule has 1 aromatic carbocycles. The molecule has 74 valence electrons. The van der Waals surface area contributed by atoms with E-state index in [9.17, 15) is 10.1 Å². The quantitative estimate of drug-likeness (QED) is 0.503. The number of anilines is 1. The molecule has 0 radical (unpaired) electrons. The summed E-state index contributed by atoms with van der Waals surface area (Å²) in [5.41, 5.74) is 6.81. The van der Waals surface area contributed by atoms with E-state index in [0.29, 0.717) is 10.4 Å². The van der Waals surface area contributed by atoms with Gasteiger partial charge in [-0.05, 0) is 46.3 Å². The van der Waals surface area contributed by atoms with Gasteiger partial charge in [0.2, 0.25) is 0 Å². The summed E-state index contributed by atoms with van der Waals surface area (Å²) in [6, 6.07) is 3.46. The molecule has 0 atom stereocenters. The first-order chi connectivity index (χ1) is 6.59. The molecule has 0 saturated heterocycles. The smallest absolute Gasteiger partial charge is 0.293 e. The molecule has 1 aliphatic carbocycles. The third-order valence-corrected chi connectivity index (χ3v) is 3.03. The van der Waals surface area contributed by atoms with E-state index in [4.69, 9.17) is 5.73 Å². The van der Waals surface area contributed by atoms with Gasteiger partial charge in [0.25, 0.3) is 5.69 Å². The van der Waals surface area contributed by atoms with Crippen LogP contribution in [0.3, 0.4) is 0 Å². The molecule has 0 unspecified atom stereocenters. The summed E-state index contributed by atoms with van der Waals surface area (Å²) in [6.07, 6.45) is 2.24. The van der Waals surface area contributed by atoms with Crippen LogP contribution in [-0.2, 0) is 0 Å². The summed E-state index contributed by atoms with van der Waals surface area (Å²) >= 11 is 3.23. The lowest BCUT2D eigenvalue weighted by atomic mass is 10.1. The summed E-state index contributed by atoms with van der Waals surface area (Å²) < 4.78 is 0.619. The number of hydrogen-bond acceptors (Lipinski definition) is 3. The minimum atomic E-state index is -0.439. The number of hydrogen-bond donors (Lipinski definition) is 1. The van der Waals surface area contributed by atoms with Crippen molar-refractivity contribution in [1.29, 1.82) is 0 Å². The van der Waals surface area contributed by atoms with E-state index >= 15 is 0 Å². The van der Waals surface area contributed by atoms with Crippen molar-refractivity contribution in [3.05, 3.63) is 32.3 Å². The molecule has 1 aromatic rings. The Morgan fingerprint density at radius 2 is 2.14 bits per heavy atom. The molecule has 2 N–H and O–H groups in total. The number of nitrogen functional groups attached to an aromatic ring is 1. The Morgan fingerprint density at radius 3 is 2.64 bits per heavy atom. The molecule has 1 aliphatic rings. The molecule has 1 fully saturated rings. The number of nitrogens with two attached hydrogens (primary N) is 1. The SMILES string of the molecule is Nc1c(Br)cc(C2CC2)cc1[N+](=O)[O-]. The predicted octanol–water partition coefficient (Wildman–Crippen LogP) is 2.82. The fraction of sp³-hybridized carbons (Fsp3) is 0.333. The molecule has 14 heavy (non-hydrogen) atoms. The fourth-order valence-corrected chi connectivity index (χ4v) is 1.89. The van der Waals surface area contributed by atoms with Crippen molar-refractivity contribution >= 4 is 27.3 Å². The molecule has 2 rings (SSSR count). The van der Waals surface area contributed by atoms with Gasteiger partial charge >= 0.3 is 0 Å². The van der Waals surface area contributed by atoms with Gasteiger partial charge in [-0.25, -0.2) is 0 Å². The molecule has 4 nitrogen and oxygen atoms in total. The van der Waals surface area contributed by atoms with Gasteiger partial charge in [0, 0.05) is 10.5 Å². The number of nitro benzene ring substituents is 1. The summed E-state index contributed by atoms with van der Waals surface area (Å²) in [5.74, 6) is 0.491. The second kappa shape index (κ2) is 3.24. The fourth-order valence-electron chi connectivity index (χ4n) is 1.43. The zero-order valence-corrected chi connectivity index (χ0v) is 8.95. The van der Waals surface area contributed by atoms with Crippen LogP contribution in [0.25, 0.3) is 0 Å². The molecule has 0 bridgehead atoms. The zero-order chi connectivity index (χ0) is 10.3. The van der Waals surface area contributed by atoms with E-state index in [1.165, 1.54) is 0 Å². The van der Waals surface area contributed by atoms with E-state index in [2.05, 4.69) is 15.9 Å². The van der Waals surface area contributed by atoms with Gasteiger partial charge in [-0.1, -0.05) is 0 Å². The Bertz CT molecular complexity index is 402. The van der Waals surface area contributed by atoms with Gasteiger partial charge in [-0.2, -0.15) is 0 Å². The Morgan fingerprint density at radius 1 is 1.50 bits per heavy atom. The lowest BCUT2D eigenvalue weighted by molar-refractivity contribution is -0.384. The monoisotopic (exact) mass is 256 g/mol. The number of nitro groups is 1. The Balaban J connectivity index is 2.51. The molecule has 1 saturated carbocycles. The van der Waals surface area contributed by atoms with E-state index in [1.54, 1.807) is 6.07 Å². The summed E-state index contributed by atoms with van der Waals surface area (Å²) in [7, 11) is 0. The first-order valence-corrected chi connectivity index (χ1v) is 5.12. The molecule has 5 heteroatoms. The molecular formula is C9H9BrN2O2.